The fourth-order valence-electron chi connectivity index (χ4n) is 3.46. The van der Waals surface area contributed by atoms with Crippen LogP contribution in [0.1, 0.15) is 36.9 Å². The van der Waals surface area contributed by atoms with Gasteiger partial charge in [-0.2, -0.15) is 0 Å². The molecule has 124 valence electrons. The van der Waals surface area contributed by atoms with Gasteiger partial charge in [0.25, 0.3) is 0 Å². The molecule has 0 unspecified atom stereocenters. The number of hydrogen-bond donors (Lipinski definition) is 1. The largest absolute Gasteiger partial charge is 0.389 e. The highest BCUT2D eigenvalue weighted by Gasteiger charge is 2.38. The standard InChI is InChI=1S/C18H20N4O2/c23-16(9-18(24)5-2-6-18)22-8-4-15-14(11-22)17(21-12-20-15)13-3-1-7-19-10-13/h1,3,7,10,12,24H,2,4-6,8-9,11H2. The molecule has 0 spiro atoms. The van der Waals surface area contributed by atoms with Crippen molar-refractivity contribution in [2.45, 2.75) is 44.2 Å². The van der Waals surface area contributed by atoms with Gasteiger partial charge in [-0.3, -0.25) is 9.78 Å². The zero-order valence-electron chi connectivity index (χ0n) is 13.5. The summed E-state index contributed by atoms with van der Waals surface area (Å²) in [5.74, 6) is 0.0174. The van der Waals surface area contributed by atoms with Crippen molar-refractivity contribution in [1.82, 2.24) is 19.9 Å². The van der Waals surface area contributed by atoms with Gasteiger partial charge in [-0.05, 0) is 31.4 Å². The van der Waals surface area contributed by atoms with Gasteiger partial charge < -0.3 is 10.0 Å². The summed E-state index contributed by atoms with van der Waals surface area (Å²) in [6, 6.07) is 3.84. The number of rotatable bonds is 3. The van der Waals surface area contributed by atoms with Gasteiger partial charge in [0, 0.05) is 43.0 Å². The molecule has 2 aromatic rings. The van der Waals surface area contributed by atoms with Crippen LogP contribution in [0, 0.1) is 0 Å². The first-order chi connectivity index (χ1) is 11.6. The van der Waals surface area contributed by atoms with Crippen molar-refractivity contribution in [2.24, 2.45) is 0 Å². The van der Waals surface area contributed by atoms with Crippen LogP contribution in [0.5, 0.6) is 0 Å². The van der Waals surface area contributed by atoms with E-state index >= 15 is 0 Å². The molecule has 1 fully saturated rings. The minimum absolute atomic E-state index is 0.0174. The number of aliphatic hydroxyl groups is 1. The van der Waals surface area contributed by atoms with Crippen LogP contribution in [0.3, 0.4) is 0 Å². The molecule has 0 atom stereocenters. The number of pyridine rings is 1. The average Bonchev–Trinajstić information content (AvgIpc) is 2.60. The molecule has 1 amide bonds. The highest BCUT2D eigenvalue weighted by Crippen LogP contribution is 2.36. The van der Waals surface area contributed by atoms with Crippen molar-refractivity contribution in [3.63, 3.8) is 0 Å². The van der Waals surface area contributed by atoms with E-state index in [1.54, 1.807) is 18.7 Å². The van der Waals surface area contributed by atoms with Crippen LogP contribution >= 0.6 is 0 Å². The van der Waals surface area contributed by atoms with Gasteiger partial charge in [-0.15, -0.1) is 0 Å². The van der Waals surface area contributed by atoms with Crippen molar-refractivity contribution < 1.29 is 9.90 Å². The topological polar surface area (TPSA) is 79.2 Å². The Bertz CT molecular complexity index is 759. The van der Waals surface area contributed by atoms with Crippen molar-refractivity contribution in [1.29, 1.82) is 0 Å². The first kappa shape index (κ1) is 15.2. The van der Waals surface area contributed by atoms with E-state index in [9.17, 15) is 9.90 Å². The van der Waals surface area contributed by atoms with E-state index in [4.69, 9.17) is 0 Å². The third kappa shape index (κ3) is 2.78. The summed E-state index contributed by atoms with van der Waals surface area (Å²) >= 11 is 0. The molecular formula is C18H20N4O2. The van der Waals surface area contributed by atoms with Crippen LogP contribution in [-0.4, -0.2) is 43.0 Å². The molecule has 0 radical (unpaired) electrons. The number of nitrogens with zero attached hydrogens (tertiary/aromatic N) is 4. The van der Waals surface area contributed by atoms with Gasteiger partial charge in [0.15, 0.2) is 0 Å². The Morgan fingerprint density at radius 3 is 2.92 bits per heavy atom. The predicted octanol–water partition coefficient (Wildman–Crippen LogP) is 1.73. The van der Waals surface area contributed by atoms with E-state index < -0.39 is 5.60 Å². The van der Waals surface area contributed by atoms with Gasteiger partial charge >= 0.3 is 0 Å². The highest BCUT2D eigenvalue weighted by molar-refractivity contribution is 5.78. The van der Waals surface area contributed by atoms with Crippen LogP contribution < -0.4 is 0 Å². The van der Waals surface area contributed by atoms with Crippen molar-refractivity contribution in [2.75, 3.05) is 6.54 Å². The number of fused-ring (bicyclic) bond motifs is 1. The normalized spacial score (nSPS) is 18.6. The van der Waals surface area contributed by atoms with Crippen molar-refractivity contribution >= 4 is 5.91 Å². The summed E-state index contributed by atoms with van der Waals surface area (Å²) in [5, 5.41) is 10.3. The lowest BCUT2D eigenvalue weighted by atomic mass is 9.77. The number of hydrogen-bond acceptors (Lipinski definition) is 5. The Hall–Kier alpha value is -2.34. The van der Waals surface area contributed by atoms with E-state index in [0.29, 0.717) is 13.1 Å². The van der Waals surface area contributed by atoms with Gasteiger partial charge in [0.1, 0.15) is 6.33 Å². The van der Waals surface area contributed by atoms with E-state index in [-0.39, 0.29) is 12.3 Å². The van der Waals surface area contributed by atoms with E-state index in [1.807, 2.05) is 17.0 Å². The molecule has 4 rings (SSSR count). The molecule has 6 nitrogen and oxygen atoms in total. The van der Waals surface area contributed by atoms with E-state index in [0.717, 1.165) is 48.2 Å². The van der Waals surface area contributed by atoms with E-state index in [2.05, 4.69) is 15.0 Å². The van der Waals surface area contributed by atoms with Gasteiger partial charge in [0.2, 0.25) is 5.91 Å². The van der Waals surface area contributed by atoms with Gasteiger partial charge in [0.05, 0.1) is 23.4 Å². The third-order valence-corrected chi connectivity index (χ3v) is 5.05. The van der Waals surface area contributed by atoms with Gasteiger partial charge in [-0.25, -0.2) is 9.97 Å². The molecule has 1 N–H and O–H groups in total. The average molecular weight is 324 g/mol. The molecule has 0 aromatic carbocycles. The number of aromatic nitrogens is 3. The second-order valence-electron chi connectivity index (χ2n) is 6.71. The smallest absolute Gasteiger partial charge is 0.225 e. The molecule has 6 heteroatoms. The Balaban J connectivity index is 1.59. The SMILES string of the molecule is O=C(CC1(O)CCC1)N1CCc2ncnc(-c3cccnc3)c2C1. The minimum Gasteiger partial charge on any atom is -0.389 e. The zero-order chi connectivity index (χ0) is 16.6. The van der Waals surface area contributed by atoms with Crippen LogP contribution in [0.2, 0.25) is 0 Å². The molecule has 1 aliphatic carbocycles. The molecule has 0 bridgehead atoms. The van der Waals surface area contributed by atoms with E-state index in [1.165, 1.54) is 0 Å². The number of carbonyl (C=O) groups excluding carboxylic acids is 1. The summed E-state index contributed by atoms with van der Waals surface area (Å²) in [6.07, 6.45) is 8.49. The summed E-state index contributed by atoms with van der Waals surface area (Å²) in [6.45, 7) is 1.14. The Labute approximate surface area is 140 Å². The van der Waals surface area contributed by atoms with Crippen LogP contribution in [0.15, 0.2) is 30.9 Å². The Kier molecular flexibility index (Phi) is 3.76. The molecule has 2 aromatic heterocycles. The molecule has 1 saturated carbocycles. The quantitative estimate of drug-likeness (QED) is 0.930. The van der Waals surface area contributed by atoms with Crippen molar-refractivity contribution in [3.8, 4) is 11.3 Å². The lowest BCUT2D eigenvalue weighted by Gasteiger charge is -2.38. The Morgan fingerprint density at radius 2 is 2.21 bits per heavy atom. The lowest BCUT2D eigenvalue weighted by molar-refractivity contribution is -0.141. The molecule has 0 saturated heterocycles. The molecule has 2 aliphatic rings. The summed E-state index contributed by atoms with van der Waals surface area (Å²) < 4.78 is 0. The lowest BCUT2D eigenvalue weighted by Crippen LogP contribution is -2.45. The van der Waals surface area contributed by atoms with Crippen molar-refractivity contribution in [3.05, 3.63) is 42.1 Å². The molecule has 3 heterocycles. The maximum absolute atomic E-state index is 12.6. The third-order valence-electron chi connectivity index (χ3n) is 5.05. The van der Waals surface area contributed by atoms with Crippen LogP contribution in [0.4, 0.5) is 0 Å². The fraction of sp³-hybridized carbons (Fsp3) is 0.444. The minimum atomic E-state index is -0.781. The summed E-state index contributed by atoms with van der Waals surface area (Å²) in [5.41, 5.74) is 2.98. The molecule has 24 heavy (non-hydrogen) atoms. The zero-order valence-corrected chi connectivity index (χ0v) is 13.5. The first-order valence-electron chi connectivity index (χ1n) is 8.38. The first-order valence-corrected chi connectivity index (χ1v) is 8.38. The second-order valence-corrected chi connectivity index (χ2v) is 6.71. The maximum Gasteiger partial charge on any atom is 0.225 e. The molecular weight excluding hydrogens is 304 g/mol. The highest BCUT2D eigenvalue weighted by atomic mass is 16.3. The fourth-order valence-corrected chi connectivity index (χ4v) is 3.46. The summed E-state index contributed by atoms with van der Waals surface area (Å²) in [4.78, 5) is 27.4. The summed E-state index contributed by atoms with van der Waals surface area (Å²) in [7, 11) is 0. The van der Waals surface area contributed by atoms with Crippen LogP contribution in [-0.2, 0) is 17.8 Å². The predicted molar refractivity (Wildman–Crippen MR) is 87.8 cm³/mol. The number of amides is 1. The number of carbonyl (C=O) groups is 1. The monoisotopic (exact) mass is 324 g/mol. The molecule has 1 aliphatic heterocycles. The second kappa shape index (κ2) is 5.94. The van der Waals surface area contributed by atoms with Crippen LogP contribution in [0.25, 0.3) is 11.3 Å². The Morgan fingerprint density at radius 1 is 1.33 bits per heavy atom. The maximum atomic E-state index is 12.6. The van der Waals surface area contributed by atoms with Gasteiger partial charge in [-0.1, -0.05) is 0 Å².